The number of amidine groups is 1. The van der Waals surface area contributed by atoms with Crippen LogP contribution in [0.4, 0.5) is 18.9 Å². The number of amides is 1. The second-order valence-electron chi connectivity index (χ2n) is 6.96. The standard InChI is InChI=1S/C19H19F3N4O2S/c20-14-4-3-11(25-17(27)10-2-1-5-24-7-10)6-12(14)19-9-28-15(16(21)22)13(19)8-29-18(23)26-19/h1-4,6-7,13,15-16,24H,5,8-9H2,(H2,23,26)(H,25,27)/t13-,15+,19-/m1/s1. The van der Waals surface area contributed by atoms with Crippen molar-refractivity contribution in [2.75, 3.05) is 24.2 Å². The molecule has 3 atom stereocenters. The van der Waals surface area contributed by atoms with E-state index in [0.717, 1.165) is 11.8 Å². The van der Waals surface area contributed by atoms with Gasteiger partial charge < -0.3 is 21.1 Å². The highest BCUT2D eigenvalue weighted by Crippen LogP contribution is 2.49. The summed E-state index contributed by atoms with van der Waals surface area (Å²) in [5.41, 5.74) is 5.32. The largest absolute Gasteiger partial charge is 0.387 e. The minimum atomic E-state index is -2.72. The van der Waals surface area contributed by atoms with E-state index in [4.69, 9.17) is 10.5 Å². The van der Waals surface area contributed by atoms with Crippen LogP contribution >= 0.6 is 11.8 Å². The van der Waals surface area contributed by atoms with Crippen molar-refractivity contribution in [1.29, 1.82) is 0 Å². The summed E-state index contributed by atoms with van der Waals surface area (Å²) in [5.74, 6) is -1.50. The van der Waals surface area contributed by atoms with E-state index >= 15 is 0 Å². The number of fused-ring (bicyclic) bond motifs is 1. The smallest absolute Gasteiger partial charge is 0.264 e. The lowest BCUT2D eigenvalue weighted by Gasteiger charge is -2.35. The maximum Gasteiger partial charge on any atom is 0.264 e. The van der Waals surface area contributed by atoms with E-state index in [1.807, 2.05) is 0 Å². The van der Waals surface area contributed by atoms with Crippen LogP contribution in [0, 0.1) is 11.7 Å². The number of thioether (sulfide) groups is 1. The van der Waals surface area contributed by atoms with Gasteiger partial charge in [-0.1, -0.05) is 23.9 Å². The fourth-order valence-corrected chi connectivity index (χ4v) is 4.85. The molecule has 0 aliphatic carbocycles. The lowest BCUT2D eigenvalue weighted by molar-refractivity contribution is -0.112. The summed E-state index contributed by atoms with van der Waals surface area (Å²) in [7, 11) is 0. The molecule has 0 unspecified atom stereocenters. The van der Waals surface area contributed by atoms with Crippen molar-refractivity contribution in [3.8, 4) is 0 Å². The Balaban J connectivity index is 1.69. The zero-order chi connectivity index (χ0) is 20.6. The molecule has 3 aliphatic heterocycles. The fraction of sp³-hybridized carbons (Fsp3) is 0.368. The first kappa shape index (κ1) is 19.8. The molecule has 1 aromatic carbocycles. The summed E-state index contributed by atoms with van der Waals surface area (Å²) in [5, 5.41) is 5.82. The highest BCUT2D eigenvalue weighted by atomic mass is 32.2. The molecule has 1 fully saturated rings. The second kappa shape index (κ2) is 7.75. The van der Waals surface area contributed by atoms with E-state index in [2.05, 4.69) is 15.6 Å². The topological polar surface area (TPSA) is 88.7 Å². The second-order valence-corrected chi connectivity index (χ2v) is 8.00. The molecular weight excluding hydrogens is 405 g/mol. The summed E-state index contributed by atoms with van der Waals surface area (Å²) in [6, 6.07) is 4.02. The number of anilines is 1. The van der Waals surface area contributed by atoms with Gasteiger partial charge in [-0.2, -0.15) is 0 Å². The number of hydrogen-bond donors (Lipinski definition) is 3. The first-order valence-electron chi connectivity index (χ1n) is 9.00. The van der Waals surface area contributed by atoms with E-state index in [1.54, 1.807) is 18.4 Å². The van der Waals surface area contributed by atoms with Gasteiger partial charge in [0.15, 0.2) is 5.17 Å². The van der Waals surface area contributed by atoms with Gasteiger partial charge in [0.1, 0.15) is 17.5 Å². The quantitative estimate of drug-likeness (QED) is 0.691. The van der Waals surface area contributed by atoms with Gasteiger partial charge >= 0.3 is 0 Å². The van der Waals surface area contributed by atoms with E-state index < -0.39 is 29.8 Å². The number of aliphatic imine (C=N–C) groups is 1. The number of benzene rings is 1. The molecule has 3 aliphatic rings. The third-order valence-corrected chi connectivity index (χ3v) is 6.13. The van der Waals surface area contributed by atoms with Crippen molar-refractivity contribution in [2.45, 2.75) is 18.1 Å². The molecule has 4 rings (SSSR count). The van der Waals surface area contributed by atoms with Crippen molar-refractivity contribution in [3.63, 3.8) is 0 Å². The molecule has 154 valence electrons. The SMILES string of the molecule is NC1=N[C@@]2(c3cc(NC(=O)C4=CNCC=C4)ccc3F)CO[C@H](C(F)F)[C@H]2CS1. The molecule has 1 aromatic rings. The van der Waals surface area contributed by atoms with E-state index in [1.165, 1.54) is 18.2 Å². The number of carbonyl (C=O) groups excluding carboxylic acids is 1. The Kier molecular flexibility index (Phi) is 5.30. The van der Waals surface area contributed by atoms with Gasteiger partial charge in [-0.05, 0) is 18.2 Å². The zero-order valence-electron chi connectivity index (χ0n) is 15.2. The van der Waals surface area contributed by atoms with Gasteiger partial charge in [-0.3, -0.25) is 4.79 Å². The van der Waals surface area contributed by atoms with Crippen molar-refractivity contribution in [3.05, 3.63) is 53.5 Å². The molecule has 4 N–H and O–H groups in total. The molecular formula is C19H19F3N4O2S. The number of nitrogens with two attached hydrogens (primary N) is 1. The van der Waals surface area contributed by atoms with Gasteiger partial charge in [0.25, 0.3) is 12.3 Å². The number of nitrogens with zero attached hydrogens (tertiary/aromatic N) is 1. The highest BCUT2D eigenvalue weighted by Gasteiger charge is 2.56. The van der Waals surface area contributed by atoms with Crippen LogP contribution in [-0.2, 0) is 15.1 Å². The first-order chi connectivity index (χ1) is 13.9. The fourth-order valence-electron chi connectivity index (χ4n) is 3.81. The molecule has 0 spiro atoms. The molecule has 0 bridgehead atoms. The van der Waals surface area contributed by atoms with Crippen LogP contribution in [0.5, 0.6) is 0 Å². The molecule has 0 saturated carbocycles. The Hall–Kier alpha value is -2.46. The Bertz CT molecular complexity index is 921. The molecule has 1 saturated heterocycles. The van der Waals surface area contributed by atoms with Crippen molar-refractivity contribution < 1.29 is 22.7 Å². The van der Waals surface area contributed by atoms with Crippen LogP contribution in [-0.4, -0.2) is 42.5 Å². The number of ether oxygens (including phenoxy) is 1. The zero-order valence-corrected chi connectivity index (χ0v) is 16.0. The maximum atomic E-state index is 14.8. The summed E-state index contributed by atoms with van der Waals surface area (Å²) >= 11 is 1.15. The minimum absolute atomic E-state index is 0.0815. The Labute approximate surface area is 169 Å². The normalized spacial score (nSPS) is 28.4. The van der Waals surface area contributed by atoms with Crippen LogP contribution < -0.4 is 16.4 Å². The molecule has 0 radical (unpaired) electrons. The van der Waals surface area contributed by atoms with Gasteiger partial charge in [0.05, 0.1) is 12.2 Å². The summed E-state index contributed by atoms with van der Waals surface area (Å²) < 4.78 is 47.1. The van der Waals surface area contributed by atoms with Gasteiger partial charge in [-0.15, -0.1) is 0 Å². The summed E-state index contributed by atoms with van der Waals surface area (Å²) in [4.78, 5) is 16.8. The molecule has 1 amide bonds. The number of hydrogen-bond acceptors (Lipinski definition) is 6. The number of alkyl halides is 2. The Morgan fingerprint density at radius 3 is 3.00 bits per heavy atom. The van der Waals surface area contributed by atoms with Crippen LogP contribution in [0.3, 0.4) is 0 Å². The lowest BCUT2D eigenvalue weighted by atomic mass is 9.78. The van der Waals surface area contributed by atoms with E-state index in [-0.39, 0.29) is 29.0 Å². The highest BCUT2D eigenvalue weighted by molar-refractivity contribution is 8.13. The van der Waals surface area contributed by atoms with Crippen LogP contribution in [0.25, 0.3) is 0 Å². The average Bonchev–Trinajstić information content (AvgIpc) is 3.09. The van der Waals surface area contributed by atoms with E-state index in [0.29, 0.717) is 17.8 Å². The van der Waals surface area contributed by atoms with Crippen molar-refractivity contribution >= 4 is 28.5 Å². The van der Waals surface area contributed by atoms with Gasteiger partial charge in [0, 0.05) is 35.7 Å². The average molecular weight is 424 g/mol. The van der Waals surface area contributed by atoms with E-state index in [9.17, 15) is 18.0 Å². The molecule has 10 heteroatoms. The third-order valence-electron chi connectivity index (χ3n) is 5.22. The van der Waals surface area contributed by atoms with Gasteiger partial charge in [0.2, 0.25) is 0 Å². The Morgan fingerprint density at radius 2 is 2.28 bits per heavy atom. The third kappa shape index (κ3) is 3.62. The summed E-state index contributed by atoms with van der Waals surface area (Å²) in [6.07, 6.45) is 0.968. The van der Waals surface area contributed by atoms with Crippen molar-refractivity contribution in [1.82, 2.24) is 5.32 Å². The van der Waals surface area contributed by atoms with Gasteiger partial charge in [-0.25, -0.2) is 18.2 Å². The number of nitrogens with one attached hydrogen (secondary N) is 2. The monoisotopic (exact) mass is 424 g/mol. The number of carbonyl (C=O) groups is 1. The molecule has 6 nitrogen and oxygen atoms in total. The molecule has 3 heterocycles. The molecule has 29 heavy (non-hydrogen) atoms. The number of dihydropyridines is 1. The lowest BCUT2D eigenvalue weighted by Crippen LogP contribution is -2.43. The molecule has 0 aromatic heterocycles. The van der Waals surface area contributed by atoms with Crippen molar-refractivity contribution in [2.24, 2.45) is 16.6 Å². The Morgan fingerprint density at radius 1 is 1.45 bits per heavy atom. The van der Waals surface area contributed by atoms with Crippen LogP contribution in [0.2, 0.25) is 0 Å². The predicted molar refractivity (Wildman–Crippen MR) is 105 cm³/mol. The predicted octanol–water partition coefficient (Wildman–Crippen LogP) is 2.34. The maximum absolute atomic E-state index is 14.8. The van der Waals surface area contributed by atoms with Crippen LogP contribution in [0.1, 0.15) is 5.56 Å². The number of halogens is 3. The summed E-state index contributed by atoms with van der Waals surface area (Å²) in [6.45, 7) is 0.421. The number of rotatable bonds is 4. The first-order valence-corrected chi connectivity index (χ1v) is 9.98. The van der Waals surface area contributed by atoms with Crippen LogP contribution in [0.15, 0.2) is 47.1 Å². The minimum Gasteiger partial charge on any atom is -0.387 e.